The van der Waals surface area contributed by atoms with E-state index < -0.39 is 11.5 Å². The van der Waals surface area contributed by atoms with E-state index in [0.717, 1.165) is 17.0 Å². The van der Waals surface area contributed by atoms with Crippen LogP contribution in [0.5, 0.6) is 0 Å². The zero-order chi connectivity index (χ0) is 18.7. The van der Waals surface area contributed by atoms with Crippen LogP contribution in [-0.4, -0.2) is 45.5 Å². The fraction of sp³-hybridized carbons (Fsp3) is 0.421. The van der Waals surface area contributed by atoms with Gasteiger partial charge in [0.25, 0.3) is 5.91 Å². The Balaban J connectivity index is 1.75. The smallest absolute Gasteiger partial charge is 0.305 e. The standard InChI is InChI=1S/C19H23N3O4/c1-13-8-14(2)22(21-13)11-15-4-3-5-16(9-15)18(25)20-19(10-17(23)24)6-7-26-12-19/h3-5,8-9H,6-7,10-12H2,1-2H3,(H,20,25)(H,23,24). The van der Waals surface area contributed by atoms with Gasteiger partial charge >= 0.3 is 5.97 Å². The molecule has 138 valence electrons. The average Bonchev–Trinajstić information content (AvgIpc) is 3.13. The van der Waals surface area contributed by atoms with Crippen LogP contribution in [0.1, 0.15) is 40.2 Å². The third-order valence-electron chi connectivity index (χ3n) is 4.60. The highest BCUT2D eigenvalue weighted by molar-refractivity contribution is 5.95. The summed E-state index contributed by atoms with van der Waals surface area (Å²) in [6.45, 7) is 5.18. The van der Waals surface area contributed by atoms with E-state index in [2.05, 4.69) is 10.4 Å². The molecular formula is C19H23N3O4. The summed E-state index contributed by atoms with van der Waals surface area (Å²) < 4.78 is 7.22. The van der Waals surface area contributed by atoms with E-state index in [0.29, 0.717) is 25.1 Å². The number of carboxylic acid groups (broad SMARTS) is 1. The molecule has 2 heterocycles. The van der Waals surface area contributed by atoms with Crippen molar-refractivity contribution in [3.63, 3.8) is 0 Å². The van der Waals surface area contributed by atoms with Gasteiger partial charge < -0.3 is 15.2 Å². The van der Waals surface area contributed by atoms with Crippen molar-refractivity contribution in [1.82, 2.24) is 15.1 Å². The molecule has 2 N–H and O–H groups in total. The maximum absolute atomic E-state index is 12.7. The average molecular weight is 357 g/mol. The number of aryl methyl sites for hydroxylation is 2. The van der Waals surface area contributed by atoms with Gasteiger partial charge in [-0.15, -0.1) is 0 Å². The Morgan fingerprint density at radius 3 is 2.77 bits per heavy atom. The number of nitrogens with one attached hydrogen (secondary N) is 1. The van der Waals surface area contributed by atoms with E-state index in [4.69, 9.17) is 9.84 Å². The van der Waals surface area contributed by atoms with Crippen molar-refractivity contribution in [1.29, 1.82) is 0 Å². The summed E-state index contributed by atoms with van der Waals surface area (Å²) in [5.74, 6) is -1.24. The van der Waals surface area contributed by atoms with Crippen molar-refractivity contribution in [2.45, 2.75) is 38.8 Å². The van der Waals surface area contributed by atoms with Crippen LogP contribution in [0.3, 0.4) is 0 Å². The number of carbonyl (C=O) groups is 2. The molecule has 0 spiro atoms. The number of rotatable bonds is 6. The van der Waals surface area contributed by atoms with Gasteiger partial charge in [-0.3, -0.25) is 14.3 Å². The molecule has 1 unspecified atom stereocenters. The molecule has 1 fully saturated rings. The Bertz CT molecular complexity index is 822. The van der Waals surface area contributed by atoms with Gasteiger partial charge in [-0.1, -0.05) is 12.1 Å². The summed E-state index contributed by atoms with van der Waals surface area (Å²) in [5.41, 5.74) is 2.63. The van der Waals surface area contributed by atoms with E-state index in [1.54, 1.807) is 6.07 Å². The molecule has 3 rings (SSSR count). The number of hydrogen-bond donors (Lipinski definition) is 2. The van der Waals surface area contributed by atoms with Crippen molar-refractivity contribution in [3.05, 3.63) is 52.8 Å². The number of hydrogen-bond acceptors (Lipinski definition) is 4. The molecule has 0 saturated carbocycles. The molecule has 1 aliphatic rings. The Hall–Kier alpha value is -2.67. The lowest BCUT2D eigenvalue weighted by Gasteiger charge is -2.27. The maximum Gasteiger partial charge on any atom is 0.305 e. The lowest BCUT2D eigenvalue weighted by atomic mass is 9.93. The van der Waals surface area contributed by atoms with Crippen LogP contribution in [-0.2, 0) is 16.1 Å². The number of amides is 1. The summed E-state index contributed by atoms with van der Waals surface area (Å²) in [6, 6.07) is 9.32. The summed E-state index contributed by atoms with van der Waals surface area (Å²) in [6.07, 6.45) is 0.348. The zero-order valence-electron chi connectivity index (χ0n) is 15.0. The Kier molecular flexibility index (Phi) is 5.08. The molecule has 1 aromatic heterocycles. The normalized spacial score (nSPS) is 19.5. The monoisotopic (exact) mass is 357 g/mol. The van der Waals surface area contributed by atoms with Crippen LogP contribution >= 0.6 is 0 Å². The molecule has 1 aromatic carbocycles. The van der Waals surface area contributed by atoms with Crippen molar-refractivity contribution in [2.75, 3.05) is 13.2 Å². The zero-order valence-corrected chi connectivity index (χ0v) is 15.0. The molecule has 1 amide bonds. The molecule has 7 heteroatoms. The molecule has 1 atom stereocenters. The first-order valence-corrected chi connectivity index (χ1v) is 8.59. The number of ether oxygens (including phenoxy) is 1. The third kappa shape index (κ3) is 4.11. The topological polar surface area (TPSA) is 93.5 Å². The Morgan fingerprint density at radius 1 is 1.35 bits per heavy atom. The lowest BCUT2D eigenvalue weighted by molar-refractivity contribution is -0.138. The second-order valence-corrected chi connectivity index (χ2v) is 6.89. The van der Waals surface area contributed by atoms with Crippen molar-refractivity contribution in [2.24, 2.45) is 0 Å². The molecule has 26 heavy (non-hydrogen) atoms. The lowest BCUT2D eigenvalue weighted by Crippen LogP contribution is -2.50. The van der Waals surface area contributed by atoms with E-state index in [-0.39, 0.29) is 18.9 Å². The quantitative estimate of drug-likeness (QED) is 0.824. The highest BCUT2D eigenvalue weighted by atomic mass is 16.5. The van der Waals surface area contributed by atoms with Gasteiger partial charge in [0.15, 0.2) is 0 Å². The minimum Gasteiger partial charge on any atom is -0.481 e. The summed E-state index contributed by atoms with van der Waals surface area (Å²) in [4.78, 5) is 23.8. The summed E-state index contributed by atoms with van der Waals surface area (Å²) in [7, 11) is 0. The number of benzene rings is 1. The molecule has 1 saturated heterocycles. The van der Waals surface area contributed by atoms with Crippen LogP contribution in [0.15, 0.2) is 30.3 Å². The van der Waals surface area contributed by atoms with Crippen LogP contribution in [0.25, 0.3) is 0 Å². The number of carbonyl (C=O) groups excluding carboxylic acids is 1. The van der Waals surface area contributed by atoms with Crippen molar-refractivity contribution >= 4 is 11.9 Å². The minimum absolute atomic E-state index is 0.149. The van der Waals surface area contributed by atoms with Crippen molar-refractivity contribution in [3.8, 4) is 0 Å². The van der Waals surface area contributed by atoms with Crippen molar-refractivity contribution < 1.29 is 19.4 Å². The second-order valence-electron chi connectivity index (χ2n) is 6.89. The predicted octanol–water partition coefficient (Wildman–Crippen LogP) is 1.91. The van der Waals surface area contributed by atoms with E-state index in [1.165, 1.54) is 0 Å². The first kappa shape index (κ1) is 18.1. The molecule has 0 bridgehead atoms. The maximum atomic E-state index is 12.7. The van der Waals surface area contributed by atoms with Gasteiger partial charge in [0, 0.05) is 17.9 Å². The first-order chi connectivity index (χ1) is 12.4. The third-order valence-corrected chi connectivity index (χ3v) is 4.60. The molecule has 1 aliphatic heterocycles. The van der Waals surface area contributed by atoms with Crippen LogP contribution in [0.2, 0.25) is 0 Å². The fourth-order valence-electron chi connectivity index (χ4n) is 3.31. The van der Waals surface area contributed by atoms with Gasteiger partial charge in [0.2, 0.25) is 0 Å². The number of aromatic nitrogens is 2. The molecular weight excluding hydrogens is 334 g/mol. The Labute approximate surface area is 152 Å². The van der Waals surface area contributed by atoms with Gasteiger partial charge in [0.1, 0.15) is 0 Å². The summed E-state index contributed by atoms with van der Waals surface area (Å²) in [5, 5.41) is 16.5. The van der Waals surface area contributed by atoms with Gasteiger partial charge in [-0.2, -0.15) is 5.10 Å². The van der Waals surface area contributed by atoms with Gasteiger partial charge in [-0.25, -0.2) is 0 Å². The molecule has 7 nitrogen and oxygen atoms in total. The first-order valence-electron chi connectivity index (χ1n) is 8.59. The summed E-state index contributed by atoms with van der Waals surface area (Å²) >= 11 is 0. The SMILES string of the molecule is Cc1cc(C)n(Cc2cccc(C(=O)NC3(CC(=O)O)CCOC3)c2)n1. The Morgan fingerprint density at radius 2 is 2.15 bits per heavy atom. The highest BCUT2D eigenvalue weighted by Crippen LogP contribution is 2.23. The van der Waals surface area contributed by atoms with Gasteiger partial charge in [-0.05, 0) is 44.0 Å². The highest BCUT2D eigenvalue weighted by Gasteiger charge is 2.38. The number of aliphatic carboxylic acids is 1. The van der Waals surface area contributed by atoms with E-state index in [1.807, 2.05) is 42.8 Å². The molecule has 0 aliphatic carbocycles. The van der Waals surface area contributed by atoms with E-state index >= 15 is 0 Å². The predicted molar refractivity (Wildman–Crippen MR) is 95.1 cm³/mol. The fourth-order valence-corrected chi connectivity index (χ4v) is 3.31. The van der Waals surface area contributed by atoms with Crippen LogP contribution in [0, 0.1) is 13.8 Å². The molecule has 2 aromatic rings. The molecule has 0 radical (unpaired) electrons. The largest absolute Gasteiger partial charge is 0.481 e. The van der Waals surface area contributed by atoms with Crippen LogP contribution < -0.4 is 5.32 Å². The number of nitrogens with zero attached hydrogens (tertiary/aromatic N) is 2. The number of carboxylic acids is 1. The second kappa shape index (κ2) is 7.29. The minimum atomic E-state index is -0.950. The van der Waals surface area contributed by atoms with E-state index in [9.17, 15) is 9.59 Å². The van der Waals surface area contributed by atoms with Gasteiger partial charge in [0.05, 0.1) is 30.8 Å². The van der Waals surface area contributed by atoms with Crippen LogP contribution in [0.4, 0.5) is 0 Å².